The maximum atomic E-state index is 12.3. The van der Waals surface area contributed by atoms with Crippen molar-refractivity contribution in [1.82, 2.24) is 29.7 Å². The highest BCUT2D eigenvalue weighted by Gasteiger charge is 2.32. The molecular weight excluding hydrogens is 933 g/mol. The number of fused-ring (bicyclic) bond motifs is 2. The van der Waals surface area contributed by atoms with Crippen molar-refractivity contribution in [3.8, 4) is 57.2 Å². The Bertz CT molecular complexity index is 3230. The lowest BCUT2D eigenvalue weighted by Gasteiger charge is -2.14. The molecule has 4 aromatic carbocycles. The van der Waals surface area contributed by atoms with Crippen molar-refractivity contribution in [3.63, 3.8) is 0 Å². The molecule has 0 aliphatic heterocycles. The Balaban J connectivity index is 0.000000204. The third-order valence-corrected chi connectivity index (χ3v) is 13.3. The molecule has 0 radical (unpaired) electrons. The van der Waals surface area contributed by atoms with Crippen LogP contribution in [0, 0.1) is 13.1 Å². The number of benzene rings is 4. The fourth-order valence-electron chi connectivity index (χ4n) is 7.95. The summed E-state index contributed by atoms with van der Waals surface area (Å²) in [5.41, 5.74) is 6.63. The highest BCUT2D eigenvalue weighted by atomic mass is 32.2. The number of ether oxygens (including phenoxy) is 3. The molecule has 2 atom stereocenters. The van der Waals surface area contributed by atoms with Crippen molar-refractivity contribution in [2.75, 3.05) is 18.6 Å². The summed E-state index contributed by atoms with van der Waals surface area (Å²) >= 11 is 0. The maximum Gasteiger partial charge on any atom is 0.322 e. The molecule has 0 spiro atoms. The van der Waals surface area contributed by atoms with E-state index in [4.69, 9.17) is 36.8 Å². The standard InChI is InChI=1S/C24H24N4O6S.C23H22N4O6S/c1-14(2)33-21-11-8-15(12-20(21)25-3)24-26-23(27-34-24)18-7-5-6-17-16(18)9-10-19(17)28-35(30,31)13-22(29)32-4;1-13(2)32-20-10-7-14(11-19(20)24-3)23-25-22(26-33-23)17-6-4-5-16-15(17)8-9-18(16)27-34(30,31)12-21(28)29/h5-8,11-12,14,19,28H,9-10,13H2,1-2,4H3;4-7,10-11,13,18,27H,8-9,12H2,1-2H3,(H,28,29)/t19-;18-/m11/s1. The molecule has 0 saturated heterocycles. The van der Waals surface area contributed by atoms with Crippen LogP contribution in [0.2, 0.25) is 0 Å². The van der Waals surface area contributed by atoms with Crippen LogP contribution in [0.4, 0.5) is 11.4 Å². The highest BCUT2D eigenvalue weighted by Crippen LogP contribution is 2.41. The molecule has 0 saturated carbocycles. The lowest BCUT2D eigenvalue weighted by atomic mass is 10.0. The van der Waals surface area contributed by atoms with Crippen molar-refractivity contribution in [2.24, 2.45) is 0 Å². The van der Waals surface area contributed by atoms with Gasteiger partial charge in [0.25, 0.3) is 11.8 Å². The average molecular weight is 979 g/mol. The number of carbonyl (C=O) groups is 2. The van der Waals surface area contributed by atoms with Crippen LogP contribution in [0.1, 0.15) is 74.9 Å². The van der Waals surface area contributed by atoms with Crippen molar-refractivity contribution < 1.29 is 54.8 Å². The fraction of sp³-hybridized carbons (Fsp3) is 0.319. The van der Waals surface area contributed by atoms with Crippen molar-refractivity contribution >= 4 is 43.4 Å². The molecule has 358 valence electrons. The van der Waals surface area contributed by atoms with Gasteiger partial charge in [0.15, 0.2) is 11.5 Å². The first-order valence-electron chi connectivity index (χ1n) is 21.4. The minimum Gasteiger partial charge on any atom is -0.502 e. The van der Waals surface area contributed by atoms with E-state index in [0.29, 0.717) is 76.9 Å². The zero-order valence-corrected chi connectivity index (χ0v) is 39.6. The van der Waals surface area contributed by atoms with E-state index in [9.17, 15) is 26.4 Å². The summed E-state index contributed by atoms with van der Waals surface area (Å²) in [6.45, 7) is 22.4. The normalized spacial score (nSPS) is 15.1. The van der Waals surface area contributed by atoms with Gasteiger partial charge < -0.3 is 28.4 Å². The van der Waals surface area contributed by atoms with Crippen molar-refractivity contribution in [1.29, 1.82) is 0 Å². The van der Waals surface area contributed by atoms with E-state index in [1.807, 2.05) is 45.9 Å². The first kappa shape index (κ1) is 49.4. The lowest BCUT2D eigenvalue weighted by Crippen LogP contribution is -2.33. The Labute approximate surface area is 397 Å². The smallest absolute Gasteiger partial charge is 0.322 e. The van der Waals surface area contributed by atoms with Gasteiger partial charge in [0, 0.05) is 34.3 Å². The molecule has 2 aromatic heterocycles. The van der Waals surface area contributed by atoms with Gasteiger partial charge in [-0.15, -0.1) is 0 Å². The number of aromatic nitrogens is 4. The van der Waals surface area contributed by atoms with Crippen LogP contribution in [0.25, 0.3) is 55.4 Å². The number of hydrogen-bond donors (Lipinski definition) is 3. The molecule has 3 N–H and O–H groups in total. The second-order valence-corrected chi connectivity index (χ2v) is 19.9. The molecule has 2 heterocycles. The minimum absolute atomic E-state index is 0.0645. The Morgan fingerprint density at radius 3 is 1.54 bits per heavy atom. The number of methoxy groups -OCH3 is 1. The van der Waals surface area contributed by atoms with Crippen molar-refractivity contribution in [2.45, 2.75) is 77.7 Å². The highest BCUT2D eigenvalue weighted by molar-refractivity contribution is 7.90. The summed E-state index contributed by atoms with van der Waals surface area (Å²) < 4.78 is 80.6. The van der Waals surface area contributed by atoms with Crippen LogP contribution >= 0.6 is 0 Å². The van der Waals surface area contributed by atoms with Crippen LogP contribution in [0.3, 0.4) is 0 Å². The number of nitrogens with one attached hydrogen (secondary N) is 2. The zero-order chi connectivity index (χ0) is 49.6. The van der Waals surface area contributed by atoms with E-state index < -0.39 is 55.6 Å². The van der Waals surface area contributed by atoms with Gasteiger partial charge in [-0.2, -0.15) is 9.97 Å². The number of esters is 1. The number of rotatable bonds is 16. The average Bonchev–Trinajstić information content (AvgIpc) is 4.14. The van der Waals surface area contributed by atoms with Gasteiger partial charge in [-0.1, -0.05) is 46.7 Å². The summed E-state index contributed by atoms with van der Waals surface area (Å²) in [6.07, 6.45) is 2.05. The summed E-state index contributed by atoms with van der Waals surface area (Å²) in [5, 5.41) is 17.0. The molecule has 0 bridgehead atoms. The minimum atomic E-state index is -3.97. The van der Waals surface area contributed by atoms with Crippen LogP contribution in [0.5, 0.6) is 11.5 Å². The zero-order valence-electron chi connectivity index (χ0n) is 37.9. The van der Waals surface area contributed by atoms with Gasteiger partial charge in [-0.3, -0.25) is 9.59 Å². The first-order valence-corrected chi connectivity index (χ1v) is 24.7. The molecule has 8 rings (SSSR count). The predicted octanol–water partition coefficient (Wildman–Crippen LogP) is 7.55. The number of carboxylic acid groups (broad SMARTS) is 1. The first-order chi connectivity index (χ1) is 32.9. The Morgan fingerprint density at radius 2 is 1.14 bits per heavy atom. The second kappa shape index (κ2) is 20.8. The molecule has 2 aliphatic carbocycles. The third-order valence-electron chi connectivity index (χ3n) is 10.7. The molecule has 0 fully saturated rings. The third kappa shape index (κ3) is 11.8. The summed E-state index contributed by atoms with van der Waals surface area (Å²) in [5.74, 6) is -1.80. The fourth-order valence-corrected chi connectivity index (χ4v) is 10.2. The monoisotopic (exact) mass is 978 g/mol. The molecule has 0 amide bonds. The van der Waals surface area contributed by atoms with Crippen LogP contribution in [-0.2, 0) is 47.2 Å². The number of carboxylic acids is 1. The van der Waals surface area contributed by atoms with Gasteiger partial charge in [-0.05, 0) is 112 Å². The summed E-state index contributed by atoms with van der Waals surface area (Å²) in [4.78, 5) is 38.3. The Kier molecular flexibility index (Phi) is 14.9. The van der Waals surface area contributed by atoms with E-state index in [1.54, 1.807) is 54.6 Å². The Hall–Kier alpha value is -7.50. The number of hydrogen-bond acceptors (Lipinski definition) is 15. The van der Waals surface area contributed by atoms with E-state index in [-0.39, 0.29) is 24.0 Å². The van der Waals surface area contributed by atoms with Gasteiger partial charge in [-0.25, -0.2) is 36.0 Å². The lowest BCUT2D eigenvalue weighted by molar-refractivity contribution is -0.137. The SMILES string of the molecule is [C-]#[N+]c1cc(-c2nc(-c3cccc4c3CC[C@H]4NS(=O)(=O)CC(=O)O)no2)ccc1OC(C)C.[C-]#[N+]c1cc(-c2nc(-c3cccc4c3CC[C@H]4NS(=O)(=O)CC(=O)OC)no2)ccc1OC(C)C. The number of sulfonamides is 2. The maximum absolute atomic E-state index is 12.3. The van der Waals surface area contributed by atoms with Gasteiger partial charge >= 0.3 is 11.9 Å². The molecule has 0 unspecified atom stereocenters. The van der Waals surface area contributed by atoms with Gasteiger partial charge in [0.2, 0.25) is 43.1 Å². The van der Waals surface area contributed by atoms with E-state index in [1.165, 1.54) is 0 Å². The Morgan fingerprint density at radius 1 is 0.710 bits per heavy atom. The molecular formula is C47H46N8O12S2. The topological polar surface area (TPSA) is 261 Å². The molecule has 2 aliphatic rings. The van der Waals surface area contributed by atoms with Gasteiger partial charge in [0.1, 0.15) is 11.5 Å². The largest absolute Gasteiger partial charge is 0.502 e. The van der Waals surface area contributed by atoms with Crippen LogP contribution in [-0.4, -0.2) is 85.0 Å². The van der Waals surface area contributed by atoms with Crippen LogP contribution < -0.4 is 18.9 Å². The number of aliphatic carboxylic acids is 1. The molecule has 6 aromatic rings. The molecule has 22 heteroatoms. The van der Waals surface area contributed by atoms with E-state index in [0.717, 1.165) is 34.9 Å². The quantitative estimate of drug-likeness (QED) is 0.0624. The van der Waals surface area contributed by atoms with E-state index >= 15 is 0 Å². The van der Waals surface area contributed by atoms with Crippen molar-refractivity contribution in [3.05, 3.63) is 118 Å². The van der Waals surface area contributed by atoms with Gasteiger partial charge in [0.05, 0.1) is 32.5 Å². The number of nitrogens with zero attached hydrogens (tertiary/aromatic N) is 6. The summed E-state index contributed by atoms with van der Waals surface area (Å²) in [6, 6.07) is 20.1. The summed E-state index contributed by atoms with van der Waals surface area (Å²) in [7, 11) is -6.68. The van der Waals surface area contributed by atoms with E-state index in [2.05, 4.69) is 44.2 Å². The predicted molar refractivity (Wildman–Crippen MR) is 250 cm³/mol. The molecule has 20 nitrogen and oxygen atoms in total. The second-order valence-electron chi connectivity index (χ2n) is 16.4. The number of carbonyl (C=O) groups excluding carboxylic acids is 1. The van der Waals surface area contributed by atoms with Crippen LogP contribution in [0.15, 0.2) is 81.8 Å². The molecule has 69 heavy (non-hydrogen) atoms.